The number of likely N-dealkylation sites (tertiary alicyclic amines) is 1. The topological polar surface area (TPSA) is 75.2 Å². The van der Waals surface area contributed by atoms with E-state index in [-0.39, 0.29) is 17.9 Å². The Labute approximate surface area is 182 Å². The van der Waals surface area contributed by atoms with Crippen molar-refractivity contribution in [3.05, 3.63) is 70.0 Å². The van der Waals surface area contributed by atoms with Gasteiger partial charge in [0.1, 0.15) is 0 Å². The standard InChI is InChI=1S/C25H28N4O2/c1-15-5-6-19(13-16(15)2)24(30)28-21-9-11-29(12-10-21)25(31)20-7-8-22-23(14-20)27-18(4)17(3)26-22/h5-8,13-14,21H,9-12H2,1-4H3,(H,28,30). The average Bonchev–Trinajstić information content (AvgIpc) is 2.76. The van der Waals surface area contributed by atoms with Crippen molar-refractivity contribution in [1.82, 2.24) is 20.2 Å². The normalized spacial score (nSPS) is 14.6. The number of fused-ring (bicyclic) bond motifs is 1. The number of hydrogen-bond donors (Lipinski definition) is 1. The second kappa shape index (κ2) is 8.46. The van der Waals surface area contributed by atoms with E-state index in [2.05, 4.69) is 15.3 Å². The van der Waals surface area contributed by atoms with E-state index in [4.69, 9.17) is 0 Å². The second-order valence-corrected chi connectivity index (χ2v) is 8.44. The lowest BCUT2D eigenvalue weighted by molar-refractivity contribution is 0.0698. The highest BCUT2D eigenvalue weighted by Crippen LogP contribution is 2.19. The minimum absolute atomic E-state index is 0.000800. The molecule has 1 fully saturated rings. The largest absolute Gasteiger partial charge is 0.349 e. The molecule has 2 aromatic carbocycles. The van der Waals surface area contributed by atoms with Crippen LogP contribution >= 0.6 is 0 Å². The molecule has 31 heavy (non-hydrogen) atoms. The number of nitrogens with zero attached hydrogens (tertiary/aromatic N) is 3. The third-order valence-corrected chi connectivity index (χ3v) is 6.21. The van der Waals surface area contributed by atoms with Crippen LogP contribution in [0.4, 0.5) is 0 Å². The number of piperidine rings is 1. The molecule has 2 heterocycles. The molecule has 1 aliphatic heterocycles. The Balaban J connectivity index is 1.38. The molecule has 160 valence electrons. The number of carbonyl (C=O) groups excluding carboxylic acids is 2. The van der Waals surface area contributed by atoms with Gasteiger partial charge in [0.15, 0.2) is 0 Å². The maximum atomic E-state index is 13.0. The van der Waals surface area contributed by atoms with Crippen molar-refractivity contribution in [2.24, 2.45) is 0 Å². The van der Waals surface area contributed by atoms with Gasteiger partial charge in [-0.15, -0.1) is 0 Å². The van der Waals surface area contributed by atoms with Crippen LogP contribution < -0.4 is 5.32 Å². The van der Waals surface area contributed by atoms with Crippen LogP contribution in [-0.2, 0) is 0 Å². The van der Waals surface area contributed by atoms with E-state index in [1.807, 2.05) is 69.0 Å². The lowest BCUT2D eigenvalue weighted by Crippen LogP contribution is -2.46. The van der Waals surface area contributed by atoms with Crippen LogP contribution in [0, 0.1) is 27.7 Å². The van der Waals surface area contributed by atoms with Gasteiger partial charge < -0.3 is 10.2 Å². The summed E-state index contributed by atoms with van der Waals surface area (Å²) >= 11 is 0. The van der Waals surface area contributed by atoms with Gasteiger partial charge in [0, 0.05) is 30.3 Å². The molecule has 0 unspecified atom stereocenters. The Kier molecular flexibility index (Phi) is 5.72. The molecule has 0 spiro atoms. The van der Waals surface area contributed by atoms with Gasteiger partial charge in [-0.1, -0.05) is 6.07 Å². The van der Waals surface area contributed by atoms with Gasteiger partial charge in [-0.25, -0.2) is 9.97 Å². The molecule has 1 aliphatic rings. The number of benzene rings is 2. The molecule has 6 heteroatoms. The summed E-state index contributed by atoms with van der Waals surface area (Å²) in [6.07, 6.45) is 1.49. The summed E-state index contributed by atoms with van der Waals surface area (Å²) in [4.78, 5) is 36.5. The zero-order valence-corrected chi connectivity index (χ0v) is 18.5. The maximum Gasteiger partial charge on any atom is 0.253 e. The summed E-state index contributed by atoms with van der Waals surface area (Å²) in [6, 6.07) is 11.3. The lowest BCUT2D eigenvalue weighted by Gasteiger charge is -2.32. The van der Waals surface area contributed by atoms with Crippen molar-refractivity contribution >= 4 is 22.8 Å². The summed E-state index contributed by atoms with van der Waals surface area (Å²) in [5.74, 6) is -0.0486. The first-order valence-electron chi connectivity index (χ1n) is 10.7. The zero-order valence-electron chi connectivity index (χ0n) is 18.5. The Morgan fingerprint density at radius 3 is 2.16 bits per heavy atom. The van der Waals surface area contributed by atoms with Gasteiger partial charge in [-0.3, -0.25) is 9.59 Å². The average molecular weight is 417 g/mol. The Bertz CT molecular complexity index is 1160. The van der Waals surface area contributed by atoms with E-state index < -0.39 is 0 Å². The van der Waals surface area contributed by atoms with Crippen molar-refractivity contribution in [2.45, 2.75) is 46.6 Å². The van der Waals surface area contributed by atoms with E-state index in [1.54, 1.807) is 0 Å². The van der Waals surface area contributed by atoms with Crippen LogP contribution in [0.15, 0.2) is 36.4 Å². The van der Waals surface area contributed by atoms with Crippen molar-refractivity contribution in [2.75, 3.05) is 13.1 Å². The van der Waals surface area contributed by atoms with Crippen molar-refractivity contribution in [1.29, 1.82) is 0 Å². The van der Waals surface area contributed by atoms with Gasteiger partial charge in [0.2, 0.25) is 0 Å². The fourth-order valence-corrected chi connectivity index (χ4v) is 3.92. The first kappa shape index (κ1) is 21.0. The van der Waals surface area contributed by atoms with Gasteiger partial charge >= 0.3 is 0 Å². The van der Waals surface area contributed by atoms with E-state index >= 15 is 0 Å². The van der Waals surface area contributed by atoms with Crippen LogP contribution in [0.2, 0.25) is 0 Å². The van der Waals surface area contributed by atoms with E-state index in [1.165, 1.54) is 5.56 Å². The zero-order chi connectivity index (χ0) is 22.1. The molecule has 0 radical (unpaired) electrons. The van der Waals surface area contributed by atoms with E-state index in [0.29, 0.717) is 24.2 Å². The molecule has 2 amide bonds. The summed E-state index contributed by atoms with van der Waals surface area (Å²) in [7, 11) is 0. The number of carbonyl (C=O) groups is 2. The first-order chi connectivity index (χ1) is 14.8. The van der Waals surface area contributed by atoms with Crippen LogP contribution in [-0.4, -0.2) is 45.8 Å². The van der Waals surface area contributed by atoms with Crippen LogP contribution in [0.5, 0.6) is 0 Å². The van der Waals surface area contributed by atoms with E-state index in [0.717, 1.165) is 40.8 Å². The number of aryl methyl sites for hydroxylation is 4. The van der Waals surface area contributed by atoms with Crippen molar-refractivity contribution in [3.63, 3.8) is 0 Å². The fourth-order valence-electron chi connectivity index (χ4n) is 3.92. The molecule has 6 nitrogen and oxygen atoms in total. The molecule has 0 atom stereocenters. The summed E-state index contributed by atoms with van der Waals surface area (Å²) < 4.78 is 0. The van der Waals surface area contributed by atoms with Gasteiger partial charge in [0.25, 0.3) is 11.8 Å². The molecule has 1 aromatic heterocycles. The van der Waals surface area contributed by atoms with Gasteiger partial charge in [-0.05, 0) is 82.0 Å². The smallest absolute Gasteiger partial charge is 0.253 e. The molecule has 1 saturated heterocycles. The number of hydrogen-bond acceptors (Lipinski definition) is 4. The third kappa shape index (κ3) is 4.43. The second-order valence-electron chi connectivity index (χ2n) is 8.44. The highest BCUT2D eigenvalue weighted by molar-refractivity contribution is 5.97. The molecule has 4 rings (SSSR count). The monoisotopic (exact) mass is 416 g/mol. The highest BCUT2D eigenvalue weighted by atomic mass is 16.2. The molecule has 0 saturated carbocycles. The summed E-state index contributed by atoms with van der Waals surface area (Å²) in [5, 5.41) is 3.12. The Morgan fingerprint density at radius 2 is 1.48 bits per heavy atom. The first-order valence-corrected chi connectivity index (χ1v) is 10.7. The predicted molar refractivity (Wildman–Crippen MR) is 121 cm³/mol. The number of nitrogens with one attached hydrogen (secondary N) is 1. The van der Waals surface area contributed by atoms with Crippen molar-refractivity contribution in [3.8, 4) is 0 Å². The minimum Gasteiger partial charge on any atom is -0.349 e. The summed E-state index contributed by atoms with van der Waals surface area (Å²) in [6.45, 7) is 9.14. The SMILES string of the molecule is Cc1ccc(C(=O)NC2CCN(C(=O)c3ccc4nc(C)c(C)nc4c3)CC2)cc1C. The molecule has 0 bridgehead atoms. The van der Waals surface area contributed by atoms with Crippen LogP contribution in [0.3, 0.4) is 0 Å². The molecule has 3 aromatic rings. The van der Waals surface area contributed by atoms with Crippen LogP contribution in [0.1, 0.15) is 56.1 Å². The quantitative estimate of drug-likeness (QED) is 0.703. The molecular formula is C25H28N4O2. The minimum atomic E-state index is -0.0494. The number of rotatable bonds is 3. The molecule has 0 aliphatic carbocycles. The maximum absolute atomic E-state index is 13.0. The molecular weight excluding hydrogens is 388 g/mol. The van der Waals surface area contributed by atoms with E-state index in [9.17, 15) is 9.59 Å². The Hall–Kier alpha value is -3.28. The number of amides is 2. The predicted octanol–water partition coefficient (Wildman–Crippen LogP) is 3.90. The van der Waals surface area contributed by atoms with Crippen LogP contribution in [0.25, 0.3) is 11.0 Å². The highest BCUT2D eigenvalue weighted by Gasteiger charge is 2.25. The number of aromatic nitrogens is 2. The van der Waals surface area contributed by atoms with Crippen molar-refractivity contribution < 1.29 is 9.59 Å². The Morgan fingerprint density at radius 1 is 0.839 bits per heavy atom. The van der Waals surface area contributed by atoms with Gasteiger partial charge in [-0.2, -0.15) is 0 Å². The molecule has 1 N–H and O–H groups in total. The van der Waals surface area contributed by atoms with Gasteiger partial charge in [0.05, 0.1) is 22.4 Å². The summed E-state index contributed by atoms with van der Waals surface area (Å²) in [5.41, 5.74) is 6.91. The lowest BCUT2D eigenvalue weighted by atomic mass is 10.0. The fraction of sp³-hybridized carbons (Fsp3) is 0.360. The third-order valence-electron chi connectivity index (χ3n) is 6.21.